The average Bonchev–Trinajstić information content (AvgIpc) is 3.23. The summed E-state index contributed by atoms with van der Waals surface area (Å²) < 4.78 is 30.6. The van der Waals surface area contributed by atoms with Gasteiger partial charge in [0, 0.05) is 7.11 Å². The Bertz CT molecular complexity index is 640. The second-order valence-electron chi connectivity index (χ2n) is 10.9. The van der Waals surface area contributed by atoms with Gasteiger partial charge in [-0.15, -0.1) is 0 Å². The summed E-state index contributed by atoms with van der Waals surface area (Å²) in [4.78, 5) is 12.1. The van der Waals surface area contributed by atoms with E-state index in [0.29, 0.717) is 23.2 Å². The van der Waals surface area contributed by atoms with Crippen molar-refractivity contribution in [1.29, 1.82) is 0 Å². The van der Waals surface area contributed by atoms with E-state index >= 15 is 0 Å². The van der Waals surface area contributed by atoms with E-state index in [1.165, 1.54) is 0 Å². The summed E-state index contributed by atoms with van der Waals surface area (Å²) in [6.07, 6.45) is 3.55. The number of esters is 1. The number of hydrogen-bond donors (Lipinski definition) is 0. The number of ether oxygens (including phenoxy) is 4. The van der Waals surface area contributed by atoms with E-state index in [1.54, 1.807) is 7.11 Å². The molecule has 35 heavy (non-hydrogen) atoms. The molecule has 0 saturated carbocycles. The van der Waals surface area contributed by atoms with Crippen molar-refractivity contribution in [3.8, 4) is 0 Å². The Labute approximate surface area is 215 Å². The molecule has 1 rings (SSSR count). The molecule has 0 aliphatic carbocycles. The van der Waals surface area contributed by atoms with E-state index < -0.39 is 8.32 Å². The van der Waals surface area contributed by atoms with Crippen LogP contribution in [0.4, 0.5) is 0 Å². The van der Waals surface area contributed by atoms with Crippen molar-refractivity contribution < 1.29 is 28.2 Å². The van der Waals surface area contributed by atoms with E-state index in [1.807, 2.05) is 13.0 Å². The van der Waals surface area contributed by atoms with Crippen LogP contribution in [0.2, 0.25) is 16.6 Å². The second kappa shape index (κ2) is 15.3. The highest BCUT2D eigenvalue weighted by atomic mass is 28.4. The number of methoxy groups -OCH3 is 1. The van der Waals surface area contributed by atoms with Crippen LogP contribution in [0.3, 0.4) is 0 Å². The lowest BCUT2D eigenvalue weighted by atomic mass is 9.90. The highest BCUT2D eigenvalue weighted by molar-refractivity contribution is 6.77. The third-order valence-corrected chi connectivity index (χ3v) is 13.5. The van der Waals surface area contributed by atoms with Crippen LogP contribution >= 0.6 is 0 Å². The monoisotopic (exact) mass is 512 g/mol. The normalized spacial score (nSPS) is 21.4. The summed E-state index contributed by atoms with van der Waals surface area (Å²) >= 11 is 0. The molecule has 0 N–H and O–H groups in total. The van der Waals surface area contributed by atoms with Crippen LogP contribution in [0.25, 0.3) is 0 Å². The van der Waals surface area contributed by atoms with Crippen molar-refractivity contribution in [2.24, 2.45) is 5.92 Å². The van der Waals surface area contributed by atoms with Crippen molar-refractivity contribution in [1.82, 2.24) is 0 Å². The summed E-state index contributed by atoms with van der Waals surface area (Å²) in [6, 6.07) is 0. The molecule has 1 heterocycles. The molecule has 1 aliphatic rings. The summed E-state index contributed by atoms with van der Waals surface area (Å²) in [5.41, 5.74) is 2.28. The Morgan fingerprint density at radius 1 is 1.09 bits per heavy atom. The first-order chi connectivity index (χ1) is 16.4. The van der Waals surface area contributed by atoms with Gasteiger partial charge in [0.05, 0.1) is 31.3 Å². The Morgan fingerprint density at radius 3 is 2.17 bits per heavy atom. The predicted octanol–water partition coefficient (Wildman–Crippen LogP) is 6.81. The van der Waals surface area contributed by atoms with Crippen LogP contribution in [0.5, 0.6) is 0 Å². The van der Waals surface area contributed by atoms with Crippen LogP contribution < -0.4 is 0 Å². The lowest BCUT2D eigenvalue weighted by molar-refractivity contribution is -0.170. The van der Waals surface area contributed by atoms with Crippen molar-refractivity contribution in [3.05, 3.63) is 24.8 Å². The van der Waals surface area contributed by atoms with Gasteiger partial charge in [0.25, 0.3) is 0 Å². The molecule has 7 heteroatoms. The molecule has 0 amide bonds. The SMILES string of the molecule is C=CC(=C)C[C@@H](C)[C@@H](O[Si](C(C)C)(C(C)C)C(C)C)[C@H](OCOC)[C@@H]1CC[C@H](CC(=O)OCC)O1. The molecule has 0 unspecified atom stereocenters. The smallest absolute Gasteiger partial charge is 0.308 e. The Balaban J connectivity index is 3.36. The van der Waals surface area contributed by atoms with E-state index in [2.05, 4.69) is 61.6 Å². The molecule has 5 atom stereocenters. The highest BCUT2D eigenvalue weighted by Crippen LogP contribution is 2.45. The third-order valence-electron chi connectivity index (χ3n) is 7.39. The molecule has 0 aromatic heterocycles. The fraction of sp³-hybridized carbons (Fsp3) is 0.821. The number of hydrogen-bond acceptors (Lipinski definition) is 6. The van der Waals surface area contributed by atoms with E-state index in [4.69, 9.17) is 23.4 Å². The standard InChI is InChI=1S/C28H52O6Si/c1-12-22(9)16-23(10)27(34-35(19(3)4,20(5)6)21(7)8)28(32-18-30-11)25-15-14-24(33-25)17-26(29)31-13-2/h12,19-21,23-25,27-28H,1,9,13-18H2,2-8,10-11H3/t23-,24-,25+,27-,28-/m1/s1. The quantitative estimate of drug-likeness (QED) is 0.0923. The van der Waals surface area contributed by atoms with Gasteiger partial charge in [-0.2, -0.15) is 0 Å². The molecule has 1 fully saturated rings. The maximum absolute atomic E-state index is 12.1. The van der Waals surface area contributed by atoms with E-state index in [-0.39, 0.29) is 49.5 Å². The predicted molar refractivity (Wildman–Crippen MR) is 145 cm³/mol. The van der Waals surface area contributed by atoms with Crippen LogP contribution in [-0.2, 0) is 28.2 Å². The Hall–Kier alpha value is -0.993. The molecule has 0 radical (unpaired) electrons. The lowest BCUT2D eigenvalue weighted by Gasteiger charge is -2.48. The third kappa shape index (κ3) is 8.81. The van der Waals surface area contributed by atoms with Gasteiger partial charge in [-0.05, 0) is 48.7 Å². The molecule has 1 aliphatic heterocycles. The lowest BCUT2D eigenvalue weighted by Crippen LogP contribution is -2.56. The Kier molecular flexibility index (Phi) is 14.0. The zero-order chi connectivity index (χ0) is 26.8. The van der Waals surface area contributed by atoms with Crippen molar-refractivity contribution in [2.75, 3.05) is 20.5 Å². The molecule has 6 nitrogen and oxygen atoms in total. The fourth-order valence-corrected chi connectivity index (χ4v) is 11.5. The summed E-state index contributed by atoms with van der Waals surface area (Å²) in [5, 5.41) is 0. The van der Waals surface area contributed by atoms with Crippen molar-refractivity contribution in [2.45, 2.75) is 122 Å². The van der Waals surface area contributed by atoms with Gasteiger partial charge in [0.2, 0.25) is 8.32 Å². The van der Waals surface area contributed by atoms with Gasteiger partial charge in [-0.25, -0.2) is 0 Å². The van der Waals surface area contributed by atoms with Crippen LogP contribution in [0.15, 0.2) is 24.8 Å². The van der Waals surface area contributed by atoms with Gasteiger partial charge in [-0.1, -0.05) is 73.3 Å². The minimum absolute atomic E-state index is 0.137. The number of carbonyl (C=O) groups is 1. The van der Waals surface area contributed by atoms with Gasteiger partial charge in [0.1, 0.15) is 12.9 Å². The van der Waals surface area contributed by atoms with Crippen LogP contribution in [0.1, 0.15) is 81.1 Å². The van der Waals surface area contributed by atoms with Crippen LogP contribution in [0, 0.1) is 5.92 Å². The maximum Gasteiger partial charge on any atom is 0.308 e. The van der Waals surface area contributed by atoms with Gasteiger partial charge < -0.3 is 23.4 Å². The van der Waals surface area contributed by atoms with E-state index in [0.717, 1.165) is 24.8 Å². The molecule has 0 aromatic carbocycles. The molecule has 1 saturated heterocycles. The summed E-state index contributed by atoms with van der Waals surface area (Å²) in [7, 11) is -0.598. The van der Waals surface area contributed by atoms with Gasteiger partial charge in [0.15, 0.2) is 0 Å². The highest BCUT2D eigenvalue weighted by Gasteiger charge is 2.50. The summed E-state index contributed by atoms with van der Waals surface area (Å²) in [6.45, 7) is 26.4. The van der Waals surface area contributed by atoms with Crippen molar-refractivity contribution in [3.63, 3.8) is 0 Å². The number of carbonyl (C=O) groups excluding carboxylic acids is 1. The number of rotatable bonds is 17. The van der Waals surface area contributed by atoms with Gasteiger partial charge in [-0.3, -0.25) is 4.79 Å². The topological polar surface area (TPSA) is 63.2 Å². The van der Waals surface area contributed by atoms with Crippen LogP contribution in [-0.4, -0.2) is 59.2 Å². The van der Waals surface area contributed by atoms with E-state index in [9.17, 15) is 4.79 Å². The fourth-order valence-electron chi connectivity index (χ4n) is 5.86. The first-order valence-corrected chi connectivity index (χ1v) is 15.5. The average molecular weight is 513 g/mol. The Morgan fingerprint density at radius 2 is 1.69 bits per heavy atom. The molecular formula is C28H52O6Si. The zero-order valence-corrected chi connectivity index (χ0v) is 24.8. The minimum atomic E-state index is -2.23. The molecular weight excluding hydrogens is 460 g/mol. The van der Waals surface area contributed by atoms with Crippen molar-refractivity contribution >= 4 is 14.3 Å². The largest absolute Gasteiger partial charge is 0.466 e. The second-order valence-corrected chi connectivity index (χ2v) is 16.3. The minimum Gasteiger partial charge on any atom is -0.466 e. The molecule has 0 spiro atoms. The number of allylic oxidation sites excluding steroid dienone is 2. The maximum atomic E-state index is 12.1. The zero-order valence-electron chi connectivity index (χ0n) is 23.8. The molecule has 0 bridgehead atoms. The first-order valence-electron chi connectivity index (χ1n) is 13.3. The molecule has 0 aromatic rings. The van der Waals surface area contributed by atoms with Gasteiger partial charge >= 0.3 is 5.97 Å². The molecule has 204 valence electrons. The summed E-state index contributed by atoms with van der Waals surface area (Å²) in [5.74, 6) is -0.0833. The first kappa shape index (κ1) is 32.0.